The Morgan fingerprint density at radius 2 is 2.36 bits per heavy atom. The van der Waals surface area contributed by atoms with E-state index in [-0.39, 0.29) is 6.61 Å². The number of hydrogen-bond donors (Lipinski definition) is 1. The van der Waals surface area contributed by atoms with Gasteiger partial charge in [-0.3, -0.25) is 5.32 Å². The van der Waals surface area contributed by atoms with E-state index in [0.29, 0.717) is 5.00 Å². The van der Waals surface area contributed by atoms with Gasteiger partial charge < -0.3 is 4.74 Å². The number of halogens is 3. The normalized spacial score (nSPS) is 11.1. The Labute approximate surface area is 99.3 Å². The standard InChI is InChI=1S/C6H5Cl3N2O2S/c7-6(8,9)3-13-5(12)11-4-1-2-10-14-4/h1-2H,3H2,(H,11,12). The molecule has 0 aliphatic heterocycles. The average Bonchev–Trinajstić information content (AvgIpc) is 2.52. The fourth-order valence-corrected chi connectivity index (χ4v) is 1.21. The Balaban J connectivity index is 2.30. The second kappa shape index (κ2) is 5.02. The van der Waals surface area contributed by atoms with Crippen molar-refractivity contribution in [2.45, 2.75) is 3.79 Å². The summed E-state index contributed by atoms with van der Waals surface area (Å²) >= 11 is 17.2. The fourth-order valence-electron chi connectivity index (χ4n) is 0.564. The Hall–Kier alpha value is -0.230. The number of carbonyl (C=O) groups excluding carboxylic acids is 1. The van der Waals surface area contributed by atoms with Crippen molar-refractivity contribution >= 4 is 57.4 Å². The van der Waals surface area contributed by atoms with Gasteiger partial charge in [-0.25, -0.2) is 4.79 Å². The van der Waals surface area contributed by atoms with Gasteiger partial charge in [0.05, 0.1) is 0 Å². The summed E-state index contributed by atoms with van der Waals surface area (Å²) in [6.45, 7) is -0.303. The number of carbonyl (C=O) groups is 1. The third kappa shape index (κ3) is 4.85. The quantitative estimate of drug-likeness (QED) is 0.844. The Kier molecular flexibility index (Phi) is 4.25. The van der Waals surface area contributed by atoms with Gasteiger partial charge in [-0.2, -0.15) is 4.37 Å². The lowest BCUT2D eigenvalue weighted by Gasteiger charge is -2.10. The molecule has 1 rings (SSSR count). The van der Waals surface area contributed by atoms with Gasteiger partial charge in [0.25, 0.3) is 0 Å². The molecule has 4 nitrogen and oxygen atoms in total. The zero-order valence-corrected chi connectivity index (χ0v) is 9.75. The highest BCUT2D eigenvalue weighted by atomic mass is 35.6. The van der Waals surface area contributed by atoms with Gasteiger partial charge in [-0.1, -0.05) is 34.8 Å². The largest absolute Gasteiger partial charge is 0.445 e. The highest BCUT2D eigenvalue weighted by molar-refractivity contribution is 7.10. The highest BCUT2D eigenvalue weighted by Crippen LogP contribution is 2.26. The minimum absolute atomic E-state index is 0.303. The minimum atomic E-state index is -1.59. The van der Waals surface area contributed by atoms with Crippen LogP contribution in [-0.2, 0) is 4.74 Å². The maximum absolute atomic E-state index is 11.0. The zero-order valence-electron chi connectivity index (χ0n) is 6.67. The molecule has 0 saturated carbocycles. The van der Waals surface area contributed by atoms with Crippen LogP contribution in [-0.4, -0.2) is 20.9 Å². The lowest BCUT2D eigenvalue weighted by atomic mass is 10.7. The fraction of sp³-hybridized carbons (Fsp3) is 0.333. The Bertz CT molecular complexity index is 299. The monoisotopic (exact) mass is 274 g/mol. The minimum Gasteiger partial charge on any atom is -0.445 e. The summed E-state index contributed by atoms with van der Waals surface area (Å²) in [6.07, 6.45) is 0.871. The number of anilines is 1. The van der Waals surface area contributed by atoms with E-state index in [1.165, 1.54) is 0 Å². The van der Waals surface area contributed by atoms with E-state index in [1.54, 1.807) is 12.3 Å². The van der Waals surface area contributed by atoms with Gasteiger partial charge in [0.1, 0.15) is 11.6 Å². The molecule has 14 heavy (non-hydrogen) atoms. The van der Waals surface area contributed by atoms with E-state index in [1.807, 2.05) is 0 Å². The third-order valence-electron chi connectivity index (χ3n) is 1.03. The predicted molar refractivity (Wildman–Crippen MR) is 57.4 cm³/mol. The van der Waals surface area contributed by atoms with Crippen LogP contribution in [0.5, 0.6) is 0 Å². The van der Waals surface area contributed by atoms with Crippen molar-refractivity contribution in [2.75, 3.05) is 11.9 Å². The number of aromatic nitrogens is 1. The molecule has 1 amide bonds. The van der Waals surface area contributed by atoms with Crippen molar-refractivity contribution in [3.63, 3.8) is 0 Å². The zero-order chi connectivity index (χ0) is 10.6. The molecule has 0 atom stereocenters. The summed E-state index contributed by atoms with van der Waals surface area (Å²) in [4.78, 5) is 11.0. The van der Waals surface area contributed by atoms with Crippen LogP contribution >= 0.6 is 46.3 Å². The summed E-state index contributed by atoms with van der Waals surface area (Å²) in [5.74, 6) is 0. The number of amides is 1. The third-order valence-corrected chi connectivity index (χ3v) is 2.02. The summed E-state index contributed by atoms with van der Waals surface area (Å²) in [5.41, 5.74) is 0. The number of hydrogen-bond acceptors (Lipinski definition) is 4. The van der Waals surface area contributed by atoms with Crippen LogP contribution < -0.4 is 5.32 Å². The Morgan fingerprint density at radius 3 is 2.86 bits per heavy atom. The lowest BCUT2D eigenvalue weighted by molar-refractivity contribution is 0.164. The van der Waals surface area contributed by atoms with E-state index in [4.69, 9.17) is 34.8 Å². The number of alkyl halides is 3. The van der Waals surface area contributed by atoms with Gasteiger partial charge in [-0.05, 0) is 17.6 Å². The lowest BCUT2D eigenvalue weighted by Crippen LogP contribution is -2.20. The molecule has 0 aliphatic carbocycles. The van der Waals surface area contributed by atoms with E-state index in [9.17, 15) is 4.79 Å². The first-order valence-corrected chi connectivity index (χ1v) is 5.29. The van der Waals surface area contributed by atoms with Gasteiger partial charge in [0.2, 0.25) is 3.79 Å². The van der Waals surface area contributed by atoms with Crippen molar-refractivity contribution in [1.29, 1.82) is 0 Å². The van der Waals surface area contributed by atoms with Gasteiger partial charge >= 0.3 is 6.09 Å². The van der Waals surface area contributed by atoms with Crippen molar-refractivity contribution in [3.8, 4) is 0 Å². The van der Waals surface area contributed by atoms with Crippen LogP contribution in [0.4, 0.5) is 9.80 Å². The number of nitrogens with zero attached hydrogens (tertiary/aromatic N) is 1. The smallest absolute Gasteiger partial charge is 0.412 e. The van der Waals surface area contributed by atoms with Gasteiger partial charge in [0, 0.05) is 6.20 Å². The van der Waals surface area contributed by atoms with Crippen LogP contribution in [0, 0.1) is 0 Å². The molecule has 1 aromatic heterocycles. The van der Waals surface area contributed by atoms with Crippen molar-refractivity contribution in [2.24, 2.45) is 0 Å². The van der Waals surface area contributed by atoms with E-state index in [2.05, 4.69) is 14.4 Å². The first-order valence-electron chi connectivity index (χ1n) is 3.38. The molecule has 0 saturated heterocycles. The molecule has 0 bridgehead atoms. The van der Waals surface area contributed by atoms with Crippen molar-refractivity contribution in [1.82, 2.24) is 4.37 Å². The second-order valence-electron chi connectivity index (χ2n) is 2.19. The molecular weight excluding hydrogens is 271 g/mol. The molecule has 0 spiro atoms. The number of nitrogens with one attached hydrogen (secondary N) is 1. The van der Waals surface area contributed by atoms with Crippen LogP contribution in [0.1, 0.15) is 0 Å². The summed E-state index contributed by atoms with van der Waals surface area (Å²) in [7, 11) is 0. The van der Waals surface area contributed by atoms with E-state index in [0.717, 1.165) is 11.5 Å². The molecule has 0 fully saturated rings. The number of ether oxygens (including phenoxy) is 1. The number of rotatable bonds is 2. The first kappa shape index (κ1) is 11.8. The van der Waals surface area contributed by atoms with E-state index >= 15 is 0 Å². The SMILES string of the molecule is O=C(Nc1ccns1)OCC(Cl)(Cl)Cl. The molecule has 1 aromatic rings. The van der Waals surface area contributed by atoms with Crippen LogP contribution in [0.25, 0.3) is 0 Å². The molecule has 0 unspecified atom stereocenters. The first-order chi connectivity index (χ1) is 6.47. The second-order valence-corrected chi connectivity index (χ2v) is 5.54. The molecule has 0 radical (unpaired) electrons. The summed E-state index contributed by atoms with van der Waals surface area (Å²) in [6, 6.07) is 1.63. The molecule has 78 valence electrons. The van der Waals surface area contributed by atoms with E-state index < -0.39 is 9.89 Å². The van der Waals surface area contributed by atoms with Crippen molar-refractivity contribution in [3.05, 3.63) is 12.3 Å². The molecule has 1 N–H and O–H groups in total. The van der Waals surface area contributed by atoms with Crippen molar-refractivity contribution < 1.29 is 9.53 Å². The summed E-state index contributed by atoms with van der Waals surface area (Å²) < 4.78 is 6.80. The topological polar surface area (TPSA) is 51.2 Å². The van der Waals surface area contributed by atoms with Crippen LogP contribution in [0.2, 0.25) is 0 Å². The maximum atomic E-state index is 11.0. The molecule has 1 heterocycles. The predicted octanol–water partition coefficient (Wildman–Crippen LogP) is 3.06. The highest BCUT2D eigenvalue weighted by Gasteiger charge is 2.22. The van der Waals surface area contributed by atoms with Gasteiger partial charge in [-0.15, -0.1) is 0 Å². The summed E-state index contributed by atoms with van der Waals surface area (Å²) in [5, 5.41) is 2.98. The Morgan fingerprint density at radius 1 is 1.64 bits per heavy atom. The van der Waals surface area contributed by atoms with Gasteiger partial charge in [0.15, 0.2) is 0 Å². The van der Waals surface area contributed by atoms with Crippen LogP contribution in [0.3, 0.4) is 0 Å². The van der Waals surface area contributed by atoms with Crippen LogP contribution in [0.15, 0.2) is 12.3 Å². The molecular formula is C6H5Cl3N2O2S. The maximum Gasteiger partial charge on any atom is 0.412 e. The average molecular weight is 276 g/mol. The molecule has 8 heteroatoms. The molecule has 0 aromatic carbocycles. The molecule has 0 aliphatic rings.